The first-order valence-electron chi connectivity index (χ1n) is 9.27. The van der Waals surface area contributed by atoms with Gasteiger partial charge in [0.15, 0.2) is 0 Å². The van der Waals surface area contributed by atoms with Gasteiger partial charge in [-0.15, -0.1) is 0 Å². The zero-order valence-corrected chi connectivity index (χ0v) is 17.0. The number of benzene rings is 2. The van der Waals surface area contributed by atoms with Crippen LogP contribution in [0.2, 0.25) is 0 Å². The molecular formula is C21H26N2O3S. The Bertz CT molecular complexity index is 953. The molecule has 0 aromatic heterocycles. The third kappa shape index (κ3) is 4.00. The Kier molecular flexibility index (Phi) is 5.29. The van der Waals surface area contributed by atoms with Crippen molar-refractivity contribution in [1.29, 1.82) is 0 Å². The molecule has 0 bridgehead atoms. The van der Waals surface area contributed by atoms with E-state index in [2.05, 4.69) is 37.7 Å². The van der Waals surface area contributed by atoms with Gasteiger partial charge in [-0.2, -0.15) is 0 Å². The van der Waals surface area contributed by atoms with Gasteiger partial charge in [-0.3, -0.25) is 9.52 Å². The third-order valence-electron chi connectivity index (χ3n) is 4.89. The summed E-state index contributed by atoms with van der Waals surface area (Å²) < 4.78 is 29.0. The van der Waals surface area contributed by atoms with Crippen molar-refractivity contribution in [3.63, 3.8) is 0 Å². The number of carbonyl (C=O) groups excluding carboxylic acids is 1. The van der Waals surface area contributed by atoms with E-state index in [-0.39, 0.29) is 22.6 Å². The van der Waals surface area contributed by atoms with Crippen LogP contribution >= 0.6 is 0 Å². The van der Waals surface area contributed by atoms with E-state index in [0.29, 0.717) is 24.2 Å². The van der Waals surface area contributed by atoms with Gasteiger partial charge in [0.2, 0.25) is 5.91 Å². The third-order valence-corrected chi connectivity index (χ3v) is 6.24. The van der Waals surface area contributed by atoms with Gasteiger partial charge in [0.25, 0.3) is 10.0 Å². The molecule has 5 nitrogen and oxygen atoms in total. The van der Waals surface area contributed by atoms with Crippen molar-refractivity contribution in [2.45, 2.75) is 57.3 Å². The number of amides is 1. The molecule has 2 aromatic carbocycles. The number of hydrogen-bond acceptors (Lipinski definition) is 3. The van der Waals surface area contributed by atoms with Gasteiger partial charge < -0.3 is 5.32 Å². The summed E-state index contributed by atoms with van der Waals surface area (Å²) in [6.45, 7) is 8.22. The molecule has 2 aromatic rings. The van der Waals surface area contributed by atoms with Gasteiger partial charge in [0, 0.05) is 12.1 Å². The second-order valence-electron chi connectivity index (χ2n) is 7.59. The highest BCUT2D eigenvalue weighted by Crippen LogP contribution is 2.34. The maximum atomic E-state index is 13.1. The second kappa shape index (κ2) is 7.35. The standard InChI is InChI=1S/C21H26N2O3S/c1-13(2)17-6-5-7-18(14(3)4)21(17)23-27(25,26)16-9-10-19-15(12-16)8-11-20(24)22-19/h5-7,9-10,12-14,23H,8,11H2,1-4H3,(H,22,24). The van der Waals surface area contributed by atoms with Gasteiger partial charge in [-0.05, 0) is 53.1 Å². The Labute approximate surface area is 161 Å². The molecule has 1 heterocycles. The van der Waals surface area contributed by atoms with Crippen LogP contribution in [0, 0.1) is 0 Å². The SMILES string of the molecule is CC(C)c1cccc(C(C)C)c1NS(=O)(=O)c1ccc2c(c1)CCC(=O)N2. The fourth-order valence-electron chi connectivity index (χ4n) is 3.39. The van der Waals surface area contributed by atoms with Crippen molar-refractivity contribution < 1.29 is 13.2 Å². The first-order valence-corrected chi connectivity index (χ1v) is 10.8. The van der Waals surface area contributed by atoms with Crippen LogP contribution in [0.3, 0.4) is 0 Å². The van der Waals surface area contributed by atoms with Crippen molar-refractivity contribution in [2.75, 3.05) is 10.0 Å². The topological polar surface area (TPSA) is 75.3 Å². The normalized spacial score (nSPS) is 14.2. The minimum atomic E-state index is -3.74. The number of nitrogens with one attached hydrogen (secondary N) is 2. The molecule has 0 aliphatic carbocycles. The van der Waals surface area contributed by atoms with E-state index >= 15 is 0 Å². The van der Waals surface area contributed by atoms with Gasteiger partial charge in [0.1, 0.15) is 0 Å². The number of sulfonamides is 1. The molecule has 0 saturated heterocycles. The van der Waals surface area contributed by atoms with Crippen LogP contribution in [0.4, 0.5) is 11.4 Å². The summed E-state index contributed by atoms with van der Waals surface area (Å²) in [4.78, 5) is 11.7. The van der Waals surface area contributed by atoms with Gasteiger partial charge >= 0.3 is 0 Å². The lowest BCUT2D eigenvalue weighted by Gasteiger charge is -2.22. The monoisotopic (exact) mass is 386 g/mol. The molecule has 2 N–H and O–H groups in total. The van der Waals surface area contributed by atoms with E-state index in [1.165, 1.54) is 0 Å². The second-order valence-corrected chi connectivity index (χ2v) is 9.28. The van der Waals surface area contributed by atoms with Crippen LogP contribution in [0.1, 0.15) is 62.6 Å². The van der Waals surface area contributed by atoms with Crippen LogP contribution in [0.15, 0.2) is 41.3 Å². The number of carbonyl (C=O) groups is 1. The summed E-state index contributed by atoms with van der Waals surface area (Å²) in [6, 6.07) is 10.8. The van der Waals surface area contributed by atoms with Gasteiger partial charge in [-0.1, -0.05) is 45.9 Å². The molecule has 0 atom stereocenters. The zero-order chi connectivity index (χ0) is 19.8. The molecule has 0 radical (unpaired) electrons. The molecule has 1 aliphatic heterocycles. The van der Waals surface area contributed by atoms with E-state index < -0.39 is 10.0 Å². The first-order chi connectivity index (χ1) is 12.7. The predicted octanol–water partition coefficient (Wildman–Crippen LogP) is 4.62. The van der Waals surface area contributed by atoms with Crippen molar-refractivity contribution in [3.05, 3.63) is 53.1 Å². The van der Waals surface area contributed by atoms with E-state index in [9.17, 15) is 13.2 Å². The Hall–Kier alpha value is -2.34. The van der Waals surface area contributed by atoms with Crippen molar-refractivity contribution in [2.24, 2.45) is 0 Å². The lowest BCUT2D eigenvalue weighted by atomic mass is 9.93. The Balaban J connectivity index is 2.02. The minimum Gasteiger partial charge on any atom is -0.326 e. The molecule has 3 rings (SSSR count). The largest absolute Gasteiger partial charge is 0.326 e. The number of aryl methyl sites for hydroxylation is 1. The number of hydrogen-bond donors (Lipinski definition) is 2. The van der Waals surface area contributed by atoms with E-state index in [1.54, 1.807) is 18.2 Å². The van der Waals surface area contributed by atoms with E-state index in [4.69, 9.17) is 0 Å². The van der Waals surface area contributed by atoms with Crippen molar-refractivity contribution in [1.82, 2.24) is 0 Å². The summed E-state index contributed by atoms with van der Waals surface area (Å²) in [6.07, 6.45) is 0.919. The molecule has 0 spiro atoms. The molecule has 0 saturated carbocycles. The molecule has 1 amide bonds. The highest BCUT2D eigenvalue weighted by atomic mass is 32.2. The highest BCUT2D eigenvalue weighted by molar-refractivity contribution is 7.92. The molecule has 0 unspecified atom stereocenters. The van der Waals surface area contributed by atoms with Gasteiger partial charge in [-0.25, -0.2) is 8.42 Å². The molecular weight excluding hydrogens is 360 g/mol. The van der Waals surface area contributed by atoms with Crippen LogP contribution in [0.5, 0.6) is 0 Å². The predicted molar refractivity (Wildman–Crippen MR) is 109 cm³/mol. The quantitative estimate of drug-likeness (QED) is 0.787. The lowest BCUT2D eigenvalue weighted by molar-refractivity contribution is -0.116. The number of fused-ring (bicyclic) bond motifs is 1. The maximum Gasteiger partial charge on any atom is 0.261 e. The van der Waals surface area contributed by atoms with Crippen molar-refractivity contribution in [3.8, 4) is 0 Å². The molecule has 0 fully saturated rings. The molecule has 6 heteroatoms. The highest BCUT2D eigenvalue weighted by Gasteiger charge is 2.23. The maximum absolute atomic E-state index is 13.1. The summed E-state index contributed by atoms with van der Waals surface area (Å²) >= 11 is 0. The van der Waals surface area contributed by atoms with Crippen LogP contribution in [0.25, 0.3) is 0 Å². The minimum absolute atomic E-state index is 0.0383. The van der Waals surface area contributed by atoms with Gasteiger partial charge in [0.05, 0.1) is 10.6 Å². The number of rotatable bonds is 5. The Morgan fingerprint density at radius 1 is 0.963 bits per heavy atom. The molecule has 144 valence electrons. The lowest BCUT2D eigenvalue weighted by Crippen LogP contribution is -2.20. The average molecular weight is 387 g/mol. The molecule has 1 aliphatic rings. The van der Waals surface area contributed by atoms with Crippen molar-refractivity contribution >= 4 is 27.3 Å². The fourth-order valence-corrected chi connectivity index (χ4v) is 4.56. The zero-order valence-electron chi connectivity index (χ0n) is 16.2. The van der Waals surface area contributed by atoms with E-state index in [0.717, 1.165) is 16.7 Å². The summed E-state index contributed by atoms with van der Waals surface area (Å²) in [5, 5.41) is 2.78. The molecule has 27 heavy (non-hydrogen) atoms. The van der Waals surface area contributed by atoms with Crippen LogP contribution < -0.4 is 10.0 Å². The van der Waals surface area contributed by atoms with Crippen LogP contribution in [-0.4, -0.2) is 14.3 Å². The first kappa shape index (κ1) is 19.4. The summed E-state index contributed by atoms with van der Waals surface area (Å²) in [5.41, 5.74) is 4.17. The Morgan fingerprint density at radius 3 is 2.19 bits per heavy atom. The average Bonchev–Trinajstić information content (AvgIpc) is 2.60. The van der Waals surface area contributed by atoms with Crippen LogP contribution in [-0.2, 0) is 21.2 Å². The fraction of sp³-hybridized carbons (Fsp3) is 0.381. The summed E-state index contributed by atoms with van der Waals surface area (Å²) in [5.74, 6) is 0.351. The smallest absolute Gasteiger partial charge is 0.261 e. The van der Waals surface area contributed by atoms with E-state index in [1.807, 2.05) is 18.2 Å². The number of para-hydroxylation sites is 1. The Morgan fingerprint density at radius 2 is 1.59 bits per heavy atom. The number of anilines is 2. The summed E-state index contributed by atoms with van der Waals surface area (Å²) in [7, 11) is -3.74.